The number of fused-ring (bicyclic) bond motifs is 1. The number of carboxylic acid groups (broad SMARTS) is 1. The summed E-state index contributed by atoms with van der Waals surface area (Å²) in [5, 5.41) is 13.5. The van der Waals surface area contributed by atoms with Crippen molar-refractivity contribution in [3.63, 3.8) is 0 Å². The third-order valence-electron chi connectivity index (χ3n) is 7.07. The van der Waals surface area contributed by atoms with Gasteiger partial charge >= 0.3 is 5.97 Å². The van der Waals surface area contributed by atoms with E-state index in [0.29, 0.717) is 6.54 Å². The fraction of sp³-hybridized carbons (Fsp3) is 0.300. The fourth-order valence-corrected chi connectivity index (χ4v) is 5.69. The summed E-state index contributed by atoms with van der Waals surface area (Å²) >= 11 is 0. The lowest BCUT2D eigenvalue weighted by Crippen LogP contribution is -2.46. The van der Waals surface area contributed by atoms with E-state index in [9.17, 15) is 9.90 Å². The zero-order valence-corrected chi connectivity index (χ0v) is 20.0. The van der Waals surface area contributed by atoms with Gasteiger partial charge in [-0.25, -0.2) is 0 Å². The number of carboxylic acids is 1. The molecular weight excluding hydrogens is 420 g/mol. The maximum Gasteiger partial charge on any atom is 0.312 e. The first-order valence-corrected chi connectivity index (χ1v) is 12.0. The molecule has 0 bridgehead atoms. The van der Waals surface area contributed by atoms with Crippen LogP contribution in [0, 0.1) is 11.3 Å². The standard InChI is InChI=1S/C28H27NO2.C2H7N/c30-27(31)28-20-29(18-21-10-4-1-5-11-21)19-26(28)24(22-12-6-2-7-13-22)16-17-25(28)23-14-8-3-9-15-23;1-3-2/h1-16,25-26H,17-20H2,(H,30,31);3H,1-2H3. The van der Waals surface area contributed by atoms with Gasteiger partial charge in [-0.05, 0) is 42.8 Å². The van der Waals surface area contributed by atoms with E-state index in [2.05, 4.69) is 52.7 Å². The minimum Gasteiger partial charge on any atom is -0.481 e. The van der Waals surface area contributed by atoms with Crippen molar-refractivity contribution >= 4 is 11.5 Å². The van der Waals surface area contributed by atoms with Crippen LogP contribution in [0.4, 0.5) is 0 Å². The van der Waals surface area contributed by atoms with E-state index in [4.69, 9.17) is 0 Å². The van der Waals surface area contributed by atoms with E-state index < -0.39 is 11.4 Å². The van der Waals surface area contributed by atoms with Crippen molar-refractivity contribution in [2.75, 3.05) is 27.2 Å². The van der Waals surface area contributed by atoms with Crippen molar-refractivity contribution in [2.24, 2.45) is 11.3 Å². The predicted octanol–water partition coefficient (Wildman–Crippen LogP) is 5.30. The lowest BCUT2D eigenvalue weighted by atomic mass is 9.59. The molecular formula is C30H34N2O2. The fourth-order valence-electron chi connectivity index (χ4n) is 5.69. The number of nitrogens with zero attached hydrogens (tertiary/aromatic N) is 1. The van der Waals surface area contributed by atoms with E-state index in [1.807, 2.05) is 68.7 Å². The predicted molar refractivity (Wildman–Crippen MR) is 138 cm³/mol. The molecule has 0 radical (unpaired) electrons. The Morgan fingerprint density at radius 3 is 2.06 bits per heavy atom. The molecule has 3 atom stereocenters. The lowest BCUT2D eigenvalue weighted by molar-refractivity contribution is -0.151. The number of likely N-dealkylation sites (tertiary alicyclic amines) is 1. The van der Waals surface area contributed by atoms with Crippen molar-refractivity contribution in [1.29, 1.82) is 0 Å². The third kappa shape index (κ3) is 4.70. The van der Waals surface area contributed by atoms with Crippen LogP contribution in [0.3, 0.4) is 0 Å². The summed E-state index contributed by atoms with van der Waals surface area (Å²) in [6.45, 7) is 2.09. The molecule has 2 N–H and O–H groups in total. The van der Waals surface area contributed by atoms with Crippen molar-refractivity contribution in [1.82, 2.24) is 10.2 Å². The van der Waals surface area contributed by atoms with Crippen LogP contribution in [-0.4, -0.2) is 43.2 Å². The normalized spacial score (nSPS) is 23.9. The highest BCUT2D eigenvalue weighted by Crippen LogP contribution is 2.57. The quantitative estimate of drug-likeness (QED) is 0.550. The zero-order valence-electron chi connectivity index (χ0n) is 20.0. The minimum absolute atomic E-state index is 0.0376. The Kier molecular flexibility index (Phi) is 7.61. The van der Waals surface area contributed by atoms with Crippen molar-refractivity contribution in [3.05, 3.63) is 114 Å². The molecule has 1 saturated heterocycles. The first-order chi connectivity index (χ1) is 16.6. The molecule has 4 heteroatoms. The van der Waals surface area contributed by atoms with Gasteiger partial charge in [-0.15, -0.1) is 0 Å². The average Bonchev–Trinajstić information content (AvgIpc) is 3.26. The van der Waals surface area contributed by atoms with Crippen LogP contribution in [0.25, 0.3) is 5.57 Å². The number of rotatable bonds is 5. The molecule has 4 nitrogen and oxygen atoms in total. The highest BCUT2D eigenvalue weighted by molar-refractivity contribution is 5.84. The molecule has 5 rings (SSSR count). The molecule has 0 aromatic heterocycles. The Hall–Kier alpha value is -3.21. The molecule has 0 saturated carbocycles. The number of hydrogen-bond donors (Lipinski definition) is 2. The molecule has 3 unspecified atom stereocenters. The Morgan fingerprint density at radius 2 is 1.47 bits per heavy atom. The maximum atomic E-state index is 13.1. The van der Waals surface area contributed by atoms with E-state index in [1.165, 1.54) is 11.1 Å². The monoisotopic (exact) mass is 454 g/mol. The second-order valence-electron chi connectivity index (χ2n) is 9.28. The lowest BCUT2D eigenvalue weighted by Gasteiger charge is -2.42. The summed E-state index contributed by atoms with van der Waals surface area (Å²) in [4.78, 5) is 15.4. The van der Waals surface area contributed by atoms with E-state index in [-0.39, 0.29) is 11.8 Å². The van der Waals surface area contributed by atoms with E-state index in [1.54, 1.807) is 0 Å². The van der Waals surface area contributed by atoms with Gasteiger partial charge in [0.15, 0.2) is 0 Å². The van der Waals surface area contributed by atoms with E-state index >= 15 is 0 Å². The second kappa shape index (κ2) is 10.8. The SMILES string of the molecule is CNC.O=C(O)C12CN(Cc3ccccc3)CC1C(c1ccccc1)=CCC2c1ccccc1. The summed E-state index contributed by atoms with van der Waals surface area (Å²) in [6.07, 6.45) is 3.04. The molecule has 0 spiro atoms. The molecule has 1 aliphatic heterocycles. The van der Waals surface area contributed by atoms with Gasteiger partial charge < -0.3 is 10.4 Å². The number of carbonyl (C=O) groups is 1. The smallest absolute Gasteiger partial charge is 0.312 e. The van der Waals surface area contributed by atoms with Gasteiger partial charge in [0.1, 0.15) is 0 Å². The Balaban J connectivity index is 0.000000868. The Morgan fingerprint density at radius 1 is 0.912 bits per heavy atom. The third-order valence-corrected chi connectivity index (χ3v) is 7.07. The van der Waals surface area contributed by atoms with Crippen LogP contribution in [0.2, 0.25) is 0 Å². The van der Waals surface area contributed by atoms with Gasteiger partial charge in [0, 0.05) is 31.5 Å². The number of allylic oxidation sites excluding steroid dienone is 1. The minimum atomic E-state index is -0.837. The van der Waals surface area contributed by atoms with Gasteiger partial charge in [0.05, 0.1) is 5.41 Å². The van der Waals surface area contributed by atoms with Gasteiger partial charge in [0.2, 0.25) is 0 Å². The number of aliphatic carboxylic acids is 1. The average molecular weight is 455 g/mol. The van der Waals surface area contributed by atoms with Crippen LogP contribution in [-0.2, 0) is 11.3 Å². The Bertz CT molecular complexity index is 1100. The van der Waals surface area contributed by atoms with Gasteiger partial charge in [-0.2, -0.15) is 0 Å². The van der Waals surface area contributed by atoms with Crippen molar-refractivity contribution < 1.29 is 9.90 Å². The summed E-state index contributed by atoms with van der Waals surface area (Å²) in [5.41, 5.74) is 3.84. The van der Waals surface area contributed by atoms with Crippen molar-refractivity contribution in [3.8, 4) is 0 Å². The first-order valence-electron chi connectivity index (χ1n) is 12.0. The summed E-state index contributed by atoms with van der Waals surface area (Å²) in [7, 11) is 3.75. The highest BCUT2D eigenvalue weighted by Gasteiger charge is 2.59. The van der Waals surface area contributed by atoms with Gasteiger partial charge in [0.25, 0.3) is 0 Å². The molecule has 1 fully saturated rings. The van der Waals surface area contributed by atoms with Crippen LogP contribution in [0.5, 0.6) is 0 Å². The number of nitrogens with one attached hydrogen (secondary N) is 1. The summed E-state index contributed by atoms with van der Waals surface area (Å²) in [5.74, 6) is -0.761. The second-order valence-corrected chi connectivity index (χ2v) is 9.28. The summed E-state index contributed by atoms with van der Waals surface area (Å²) in [6, 6.07) is 30.9. The maximum absolute atomic E-state index is 13.1. The molecule has 3 aromatic carbocycles. The molecule has 0 amide bonds. The number of hydrogen-bond acceptors (Lipinski definition) is 3. The van der Waals surface area contributed by atoms with Crippen LogP contribution < -0.4 is 5.32 Å². The van der Waals surface area contributed by atoms with Crippen molar-refractivity contribution in [2.45, 2.75) is 18.9 Å². The molecule has 176 valence electrons. The number of benzene rings is 3. The largest absolute Gasteiger partial charge is 0.481 e. The molecule has 34 heavy (non-hydrogen) atoms. The van der Waals surface area contributed by atoms with Gasteiger partial charge in [-0.3, -0.25) is 9.69 Å². The zero-order chi connectivity index (χ0) is 24.0. The molecule has 1 aliphatic carbocycles. The molecule has 2 aliphatic rings. The molecule has 3 aromatic rings. The highest BCUT2D eigenvalue weighted by atomic mass is 16.4. The van der Waals surface area contributed by atoms with Crippen LogP contribution >= 0.6 is 0 Å². The first kappa shape index (κ1) is 23.9. The van der Waals surface area contributed by atoms with Gasteiger partial charge in [-0.1, -0.05) is 97.1 Å². The van der Waals surface area contributed by atoms with E-state index in [0.717, 1.165) is 30.6 Å². The van der Waals surface area contributed by atoms with Crippen LogP contribution in [0.1, 0.15) is 29.0 Å². The van der Waals surface area contributed by atoms with Crippen LogP contribution in [0.15, 0.2) is 97.1 Å². The Labute approximate surface area is 202 Å². The molecule has 1 heterocycles. The topological polar surface area (TPSA) is 52.6 Å². The summed E-state index contributed by atoms with van der Waals surface area (Å²) < 4.78 is 0.